The fourth-order valence-corrected chi connectivity index (χ4v) is 3.81. The van der Waals surface area contributed by atoms with Crippen LogP contribution < -0.4 is 10.2 Å². The summed E-state index contributed by atoms with van der Waals surface area (Å²) in [5, 5.41) is 3.44. The molecule has 2 heteroatoms. The predicted octanol–water partition coefficient (Wildman–Crippen LogP) is 3.28. The van der Waals surface area contributed by atoms with Crippen molar-refractivity contribution in [3.8, 4) is 0 Å². The quantitative estimate of drug-likeness (QED) is 0.876. The molecule has 1 aromatic rings. The highest BCUT2D eigenvalue weighted by molar-refractivity contribution is 5.57. The van der Waals surface area contributed by atoms with Crippen LogP contribution in [0.5, 0.6) is 0 Å². The third-order valence-corrected chi connectivity index (χ3v) is 4.94. The van der Waals surface area contributed by atoms with E-state index in [0.717, 1.165) is 12.1 Å². The molecule has 0 aromatic heterocycles. The molecule has 1 saturated carbocycles. The topological polar surface area (TPSA) is 15.3 Å². The van der Waals surface area contributed by atoms with Gasteiger partial charge in [0.1, 0.15) is 0 Å². The molecule has 2 nitrogen and oxygen atoms in total. The smallest absolute Gasteiger partial charge is 0.0401 e. The van der Waals surface area contributed by atoms with Crippen LogP contribution in [0.3, 0.4) is 0 Å². The molecule has 1 fully saturated rings. The van der Waals surface area contributed by atoms with Gasteiger partial charge < -0.3 is 10.2 Å². The highest BCUT2D eigenvalue weighted by Gasteiger charge is 2.28. The Kier molecular flexibility index (Phi) is 3.79. The van der Waals surface area contributed by atoms with Crippen LogP contribution in [-0.2, 0) is 6.42 Å². The molecule has 0 unspecified atom stereocenters. The van der Waals surface area contributed by atoms with Crippen molar-refractivity contribution in [2.75, 3.05) is 18.5 Å². The normalized spacial score (nSPS) is 27.2. The van der Waals surface area contributed by atoms with E-state index in [4.69, 9.17) is 0 Å². The maximum atomic E-state index is 3.44. The van der Waals surface area contributed by atoms with Gasteiger partial charge in [-0.05, 0) is 64.1 Å². The average molecular weight is 258 g/mol. The number of aryl methyl sites for hydroxylation is 2. The Balaban J connectivity index is 1.77. The van der Waals surface area contributed by atoms with Crippen LogP contribution in [-0.4, -0.2) is 25.7 Å². The van der Waals surface area contributed by atoms with Gasteiger partial charge in [-0.25, -0.2) is 0 Å². The molecule has 0 atom stereocenters. The summed E-state index contributed by atoms with van der Waals surface area (Å²) in [6.07, 6.45) is 7.94. The zero-order chi connectivity index (χ0) is 13.2. The highest BCUT2D eigenvalue weighted by Crippen LogP contribution is 2.33. The Labute approximate surface area is 117 Å². The molecular weight excluding hydrogens is 232 g/mol. The van der Waals surface area contributed by atoms with E-state index in [1.54, 1.807) is 5.56 Å². The number of nitrogens with one attached hydrogen (secondary N) is 1. The molecule has 19 heavy (non-hydrogen) atoms. The third-order valence-electron chi connectivity index (χ3n) is 4.94. The van der Waals surface area contributed by atoms with Crippen LogP contribution >= 0.6 is 0 Å². The Hall–Kier alpha value is -1.02. The maximum Gasteiger partial charge on any atom is 0.0401 e. The molecule has 2 aliphatic rings. The van der Waals surface area contributed by atoms with Crippen LogP contribution in [0.15, 0.2) is 18.2 Å². The van der Waals surface area contributed by atoms with Crippen molar-refractivity contribution in [1.82, 2.24) is 5.32 Å². The van der Waals surface area contributed by atoms with Gasteiger partial charge in [0.15, 0.2) is 0 Å². The van der Waals surface area contributed by atoms with Gasteiger partial charge in [0.25, 0.3) is 0 Å². The van der Waals surface area contributed by atoms with E-state index in [9.17, 15) is 0 Å². The van der Waals surface area contributed by atoms with Crippen LogP contribution in [0, 0.1) is 6.92 Å². The molecule has 0 bridgehead atoms. The minimum absolute atomic E-state index is 0.749. The molecule has 0 amide bonds. The van der Waals surface area contributed by atoms with Gasteiger partial charge in [-0.1, -0.05) is 17.7 Å². The van der Waals surface area contributed by atoms with Crippen molar-refractivity contribution in [2.45, 2.75) is 57.5 Å². The zero-order valence-corrected chi connectivity index (χ0v) is 12.3. The lowest BCUT2D eigenvalue weighted by Gasteiger charge is -2.41. The predicted molar refractivity (Wildman–Crippen MR) is 81.9 cm³/mol. The van der Waals surface area contributed by atoms with E-state index >= 15 is 0 Å². The molecular formula is C17H26N2. The number of benzene rings is 1. The Morgan fingerprint density at radius 2 is 1.95 bits per heavy atom. The number of nitrogens with zero attached hydrogens (tertiary/aromatic N) is 1. The van der Waals surface area contributed by atoms with E-state index in [2.05, 4.69) is 42.4 Å². The van der Waals surface area contributed by atoms with Gasteiger partial charge >= 0.3 is 0 Å². The van der Waals surface area contributed by atoms with Gasteiger partial charge in [-0.15, -0.1) is 0 Å². The SMILES string of the molecule is CNC1CCC(N2CCCc3cc(C)ccc32)CC1. The first-order chi connectivity index (χ1) is 9.28. The third kappa shape index (κ3) is 2.64. The van der Waals surface area contributed by atoms with Gasteiger partial charge in [0, 0.05) is 24.3 Å². The number of hydrogen-bond acceptors (Lipinski definition) is 2. The van der Waals surface area contributed by atoms with Crippen molar-refractivity contribution >= 4 is 5.69 Å². The van der Waals surface area contributed by atoms with Crippen molar-refractivity contribution in [3.63, 3.8) is 0 Å². The first kappa shape index (κ1) is 13.0. The van der Waals surface area contributed by atoms with Crippen LogP contribution in [0.2, 0.25) is 0 Å². The second-order valence-electron chi connectivity index (χ2n) is 6.22. The molecule has 104 valence electrons. The Morgan fingerprint density at radius 3 is 2.68 bits per heavy atom. The van der Waals surface area contributed by atoms with Crippen LogP contribution in [0.25, 0.3) is 0 Å². The summed E-state index contributed by atoms with van der Waals surface area (Å²) >= 11 is 0. The van der Waals surface area contributed by atoms with E-state index in [1.165, 1.54) is 56.3 Å². The first-order valence-corrected chi connectivity index (χ1v) is 7.81. The van der Waals surface area contributed by atoms with E-state index in [-0.39, 0.29) is 0 Å². The molecule has 1 aliphatic heterocycles. The zero-order valence-electron chi connectivity index (χ0n) is 12.3. The summed E-state index contributed by atoms with van der Waals surface area (Å²) in [5.74, 6) is 0. The summed E-state index contributed by atoms with van der Waals surface area (Å²) in [4.78, 5) is 2.70. The molecule has 1 aliphatic carbocycles. The number of rotatable bonds is 2. The highest BCUT2D eigenvalue weighted by atomic mass is 15.2. The largest absolute Gasteiger partial charge is 0.368 e. The van der Waals surface area contributed by atoms with Crippen LogP contribution in [0.4, 0.5) is 5.69 Å². The summed E-state index contributed by atoms with van der Waals surface area (Å²) in [6.45, 7) is 3.46. The molecule has 1 N–H and O–H groups in total. The molecule has 3 rings (SSSR count). The monoisotopic (exact) mass is 258 g/mol. The Morgan fingerprint density at radius 1 is 1.16 bits per heavy atom. The second kappa shape index (κ2) is 5.54. The minimum Gasteiger partial charge on any atom is -0.368 e. The van der Waals surface area contributed by atoms with Crippen molar-refractivity contribution in [1.29, 1.82) is 0 Å². The molecule has 0 spiro atoms. The van der Waals surface area contributed by atoms with E-state index in [0.29, 0.717) is 0 Å². The standard InChI is InChI=1S/C17H26N2/c1-13-5-10-17-14(12-13)4-3-11-19(17)16-8-6-15(18-2)7-9-16/h5,10,12,15-16,18H,3-4,6-9,11H2,1-2H3. The lowest BCUT2D eigenvalue weighted by Crippen LogP contribution is -2.44. The number of fused-ring (bicyclic) bond motifs is 1. The fourth-order valence-electron chi connectivity index (χ4n) is 3.81. The van der Waals surface area contributed by atoms with Gasteiger partial charge in [-0.2, -0.15) is 0 Å². The molecule has 0 saturated heterocycles. The van der Waals surface area contributed by atoms with Crippen molar-refractivity contribution in [3.05, 3.63) is 29.3 Å². The first-order valence-electron chi connectivity index (χ1n) is 7.81. The number of hydrogen-bond donors (Lipinski definition) is 1. The van der Waals surface area contributed by atoms with Gasteiger partial charge in [0.05, 0.1) is 0 Å². The maximum absolute atomic E-state index is 3.44. The number of anilines is 1. The second-order valence-corrected chi connectivity index (χ2v) is 6.22. The molecule has 1 aromatic carbocycles. The molecule has 1 heterocycles. The van der Waals surface area contributed by atoms with E-state index < -0.39 is 0 Å². The van der Waals surface area contributed by atoms with E-state index in [1.807, 2.05) is 0 Å². The van der Waals surface area contributed by atoms with Gasteiger partial charge in [-0.3, -0.25) is 0 Å². The summed E-state index contributed by atoms with van der Waals surface area (Å²) in [6, 6.07) is 8.54. The fraction of sp³-hybridized carbons (Fsp3) is 0.647. The lowest BCUT2D eigenvalue weighted by atomic mass is 9.88. The van der Waals surface area contributed by atoms with Crippen LogP contribution in [0.1, 0.15) is 43.2 Å². The summed E-state index contributed by atoms with van der Waals surface area (Å²) in [5.41, 5.74) is 4.49. The lowest BCUT2D eigenvalue weighted by molar-refractivity contribution is 0.341. The summed E-state index contributed by atoms with van der Waals surface area (Å²) < 4.78 is 0. The average Bonchev–Trinajstić information content (AvgIpc) is 2.46. The molecule has 0 radical (unpaired) electrons. The van der Waals surface area contributed by atoms with Crippen molar-refractivity contribution in [2.24, 2.45) is 0 Å². The minimum atomic E-state index is 0.749. The Bertz CT molecular complexity index is 433. The van der Waals surface area contributed by atoms with Gasteiger partial charge in [0.2, 0.25) is 0 Å². The van der Waals surface area contributed by atoms with Crippen molar-refractivity contribution < 1.29 is 0 Å². The summed E-state index contributed by atoms with van der Waals surface area (Å²) in [7, 11) is 2.10.